The van der Waals surface area contributed by atoms with Crippen molar-refractivity contribution in [1.29, 1.82) is 5.26 Å². The number of rotatable bonds is 7. The van der Waals surface area contributed by atoms with Gasteiger partial charge in [0.2, 0.25) is 0 Å². The minimum absolute atomic E-state index is 0.0428. The van der Waals surface area contributed by atoms with E-state index in [9.17, 15) is 32.0 Å². The van der Waals surface area contributed by atoms with Crippen molar-refractivity contribution in [3.05, 3.63) is 52.2 Å². The molecule has 5 atom stereocenters. The third-order valence-corrected chi connectivity index (χ3v) is 9.47. The Hall–Kier alpha value is -4.06. The number of benzene rings is 1. The van der Waals surface area contributed by atoms with E-state index in [4.69, 9.17) is 10.5 Å². The quantitative estimate of drug-likeness (QED) is 0.243. The Kier molecular flexibility index (Phi) is 9.64. The molecular formula is C32H37F6N7O2. The fourth-order valence-corrected chi connectivity index (χ4v) is 7.13. The van der Waals surface area contributed by atoms with Gasteiger partial charge in [-0.15, -0.1) is 0 Å². The van der Waals surface area contributed by atoms with Gasteiger partial charge >= 0.3 is 12.2 Å². The van der Waals surface area contributed by atoms with Crippen LogP contribution in [0.2, 0.25) is 0 Å². The molecule has 5 rings (SSSR count). The number of ether oxygens (including phenoxy) is 1. The van der Waals surface area contributed by atoms with Crippen LogP contribution in [-0.2, 0) is 23.8 Å². The molecule has 1 aliphatic carbocycles. The van der Waals surface area contributed by atoms with Crippen molar-refractivity contribution in [2.75, 3.05) is 43.5 Å². The molecule has 15 heteroatoms. The molecule has 0 spiro atoms. The molecular weight excluding hydrogens is 628 g/mol. The first-order valence-corrected chi connectivity index (χ1v) is 15.4. The van der Waals surface area contributed by atoms with Gasteiger partial charge in [-0.05, 0) is 56.6 Å². The molecule has 9 nitrogen and oxygen atoms in total. The fourth-order valence-electron chi connectivity index (χ4n) is 7.13. The lowest BCUT2D eigenvalue weighted by Gasteiger charge is -2.42. The number of nitrogens with two attached hydrogens (primary N) is 1. The van der Waals surface area contributed by atoms with E-state index in [2.05, 4.69) is 16.5 Å². The average Bonchev–Trinajstić information content (AvgIpc) is 3.32. The zero-order valence-electron chi connectivity index (χ0n) is 26.4. The van der Waals surface area contributed by atoms with Crippen LogP contribution in [0.4, 0.5) is 37.8 Å². The van der Waals surface area contributed by atoms with Crippen LogP contribution in [0.25, 0.3) is 0 Å². The second kappa shape index (κ2) is 13.2. The number of carbonyl (C=O) groups is 1. The van der Waals surface area contributed by atoms with Crippen LogP contribution in [0.3, 0.4) is 0 Å². The Morgan fingerprint density at radius 2 is 1.94 bits per heavy atom. The molecule has 0 unspecified atom stereocenters. The van der Waals surface area contributed by atoms with Crippen molar-refractivity contribution >= 4 is 17.4 Å². The minimum Gasteiger partial charge on any atom is -0.447 e. The Morgan fingerprint density at radius 3 is 2.55 bits per heavy atom. The summed E-state index contributed by atoms with van der Waals surface area (Å²) in [6.07, 6.45) is -5.53. The number of piperazine rings is 1. The van der Waals surface area contributed by atoms with Gasteiger partial charge in [-0.25, -0.2) is 13.2 Å². The number of halogens is 6. The lowest BCUT2D eigenvalue weighted by Crippen LogP contribution is -2.55. The van der Waals surface area contributed by atoms with Gasteiger partial charge in [0.1, 0.15) is 24.5 Å². The minimum atomic E-state index is -4.84. The number of aryl methyl sites for hydroxylation is 1. The summed E-state index contributed by atoms with van der Waals surface area (Å²) < 4.78 is 92.4. The summed E-state index contributed by atoms with van der Waals surface area (Å²) in [7, 11) is 0. The van der Waals surface area contributed by atoms with Gasteiger partial charge in [-0.3, -0.25) is 9.69 Å². The first-order chi connectivity index (χ1) is 22.1. The number of carbonyl (C=O) groups excluding carboxylic acids is 1. The molecule has 2 saturated heterocycles. The number of hydrogen-bond donors (Lipinski definition) is 1. The highest BCUT2D eigenvalue weighted by atomic mass is 19.4. The van der Waals surface area contributed by atoms with Crippen LogP contribution in [0.5, 0.6) is 6.01 Å². The number of nitrogens with zero attached hydrogens (tertiary/aromatic N) is 6. The van der Waals surface area contributed by atoms with Crippen LogP contribution >= 0.6 is 0 Å². The molecule has 2 fully saturated rings. The van der Waals surface area contributed by atoms with E-state index in [-0.39, 0.29) is 75.5 Å². The Morgan fingerprint density at radius 1 is 1.21 bits per heavy atom. The predicted octanol–water partition coefficient (Wildman–Crippen LogP) is 5.23. The number of likely N-dealkylation sites (tertiary alicyclic amines) is 1. The van der Waals surface area contributed by atoms with Crippen LogP contribution in [0, 0.1) is 30.0 Å². The van der Waals surface area contributed by atoms with Crippen LogP contribution in [-0.4, -0.2) is 76.8 Å². The first-order valence-electron chi connectivity index (χ1n) is 15.4. The van der Waals surface area contributed by atoms with Crippen molar-refractivity contribution < 1.29 is 35.9 Å². The Labute approximate surface area is 269 Å². The van der Waals surface area contributed by atoms with Crippen molar-refractivity contribution in [3.63, 3.8) is 0 Å². The summed E-state index contributed by atoms with van der Waals surface area (Å²) >= 11 is 0. The van der Waals surface area contributed by atoms with E-state index in [0.29, 0.717) is 23.5 Å². The van der Waals surface area contributed by atoms with E-state index < -0.39 is 58.9 Å². The predicted molar refractivity (Wildman–Crippen MR) is 161 cm³/mol. The molecule has 2 N–H and O–H groups in total. The van der Waals surface area contributed by atoms with Gasteiger partial charge in [0.15, 0.2) is 5.83 Å². The van der Waals surface area contributed by atoms with Crippen LogP contribution in [0.1, 0.15) is 60.6 Å². The second-order valence-corrected chi connectivity index (χ2v) is 12.7. The monoisotopic (exact) mass is 665 g/mol. The third kappa shape index (κ3) is 6.83. The maximum absolute atomic E-state index is 15.6. The normalized spacial score (nSPS) is 25.0. The summed E-state index contributed by atoms with van der Waals surface area (Å²) in [5.74, 6) is -4.24. The molecule has 1 aromatic heterocycles. The maximum atomic E-state index is 15.6. The van der Waals surface area contributed by atoms with E-state index >= 15 is 4.39 Å². The highest BCUT2D eigenvalue weighted by molar-refractivity contribution is 5.91. The molecule has 1 aromatic carbocycles. The van der Waals surface area contributed by atoms with Gasteiger partial charge in [0.25, 0.3) is 5.91 Å². The fraction of sp³-hybridized carbons (Fsp3) is 0.562. The molecule has 2 aromatic rings. The average molecular weight is 666 g/mol. The topological polar surface area (TPSA) is 112 Å². The SMILES string of the molecule is C=C(F)C(=O)N1CCN(c2nc(OCN3C[C@H](F)C[C@@H]3C)nc3c2C[C@@H](C)[C@H](c2c(F)c(N)cc(C)c2C(F)(F)F)C3)C[C@H]1CC#N. The largest absolute Gasteiger partial charge is 0.447 e. The van der Waals surface area contributed by atoms with Gasteiger partial charge in [0, 0.05) is 43.3 Å². The summed E-state index contributed by atoms with van der Waals surface area (Å²) in [5.41, 5.74) is 4.65. The van der Waals surface area contributed by atoms with E-state index in [1.807, 2.05) is 17.9 Å². The van der Waals surface area contributed by atoms with Crippen LogP contribution in [0.15, 0.2) is 18.5 Å². The number of nitriles is 1. The molecule has 3 aliphatic rings. The van der Waals surface area contributed by atoms with Crippen molar-refractivity contribution in [3.8, 4) is 12.1 Å². The van der Waals surface area contributed by atoms with Crippen molar-refractivity contribution in [1.82, 2.24) is 19.8 Å². The number of hydrogen-bond acceptors (Lipinski definition) is 8. The van der Waals surface area contributed by atoms with Crippen LogP contribution < -0.4 is 15.4 Å². The van der Waals surface area contributed by atoms with Gasteiger partial charge in [-0.1, -0.05) is 13.5 Å². The Bertz CT molecular complexity index is 1600. The molecule has 254 valence electrons. The molecule has 47 heavy (non-hydrogen) atoms. The summed E-state index contributed by atoms with van der Waals surface area (Å²) in [6.45, 7) is 8.37. The lowest BCUT2D eigenvalue weighted by atomic mass is 9.73. The molecule has 0 radical (unpaired) electrons. The number of fused-ring (bicyclic) bond motifs is 1. The van der Waals surface area contributed by atoms with E-state index in [1.165, 1.54) is 11.8 Å². The van der Waals surface area contributed by atoms with Gasteiger partial charge in [0.05, 0.1) is 35.5 Å². The molecule has 1 amide bonds. The zero-order valence-corrected chi connectivity index (χ0v) is 26.4. The Balaban J connectivity index is 1.56. The number of anilines is 2. The van der Waals surface area contributed by atoms with Gasteiger partial charge < -0.3 is 20.3 Å². The lowest BCUT2D eigenvalue weighted by molar-refractivity contribution is -0.139. The third-order valence-electron chi connectivity index (χ3n) is 9.47. The van der Waals surface area contributed by atoms with E-state index in [0.717, 1.165) is 6.07 Å². The molecule has 0 saturated carbocycles. The molecule has 0 bridgehead atoms. The number of aromatic nitrogens is 2. The first kappa shape index (κ1) is 34.3. The summed E-state index contributed by atoms with van der Waals surface area (Å²) in [6, 6.07) is 2.09. The molecule has 3 heterocycles. The number of alkyl halides is 4. The number of nitrogen functional groups attached to an aromatic ring is 1. The smallest absolute Gasteiger partial charge is 0.417 e. The highest BCUT2D eigenvalue weighted by Gasteiger charge is 2.43. The number of amides is 1. The van der Waals surface area contributed by atoms with Gasteiger partial charge in [-0.2, -0.15) is 28.4 Å². The van der Waals surface area contributed by atoms with Crippen molar-refractivity contribution in [2.24, 2.45) is 5.92 Å². The summed E-state index contributed by atoms with van der Waals surface area (Å²) in [5, 5.41) is 9.46. The van der Waals surface area contributed by atoms with Crippen molar-refractivity contribution in [2.45, 2.75) is 76.8 Å². The van der Waals surface area contributed by atoms with E-state index in [1.54, 1.807) is 11.8 Å². The standard InChI is InChI=1S/C32H37F6N7O2/c1-16-9-23-25(12-22(16)26-27(32(36,37)38)17(2)10-24(40)28(26)35)41-31(47-15-44-13-20(34)11-18(44)3)42-29(23)43-7-8-45(30(46)19(4)33)21(14-43)5-6-39/h10,16,18,20-22H,4-5,7-9,11-15,40H2,1-3H3/t16-,18+,20-,21-,22-/m1/s1. The molecule has 2 aliphatic heterocycles. The zero-order chi connectivity index (χ0) is 34.4. The maximum Gasteiger partial charge on any atom is 0.417 e. The second-order valence-electron chi connectivity index (χ2n) is 12.7. The highest BCUT2D eigenvalue weighted by Crippen LogP contribution is 2.47. The summed E-state index contributed by atoms with van der Waals surface area (Å²) in [4.78, 5) is 26.6.